The van der Waals surface area contributed by atoms with Crippen molar-refractivity contribution < 1.29 is 4.74 Å². The molecule has 3 rings (SSSR count). The Balaban J connectivity index is 1.54. The van der Waals surface area contributed by atoms with E-state index < -0.39 is 0 Å². The van der Waals surface area contributed by atoms with Crippen LogP contribution >= 0.6 is 0 Å². The lowest BCUT2D eigenvalue weighted by molar-refractivity contribution is 0.210. The number of hydrogen-bond donors (Lipinski definition) is 1. The van der Waals surface area contributed by atoms with Gasteiger partial charge >= 0.3 is 0 Å². The molecular formula is C19H23NO. The van der Waals surface area contributed by atoms with Crippen LogP contribution in [0.3, 0.4) is 0 Å². The summed E-state index contributed by atoms with van der Waals surface area (Å²) in [6, 6.07) is 16.9. The first-order chi connectivity index (χ1) is 10.3. The van der Waals surface area contributed by atoms with Crippen molar-refractivity contribution in [1.29, 1.82) is 0 Å². The van der Waals surface area contributed by atoms with E-state index in [1.165, 1.54) is 42.5 Å². The lowest BCUT2D eigenvalue weighted by Crippen LogP contribution is -2.10. The summed E-state index contributed by atoms with van der Waals surface area (Å²) in [5.74, 6) is 1.00. The molecule has 0 saturated heterocycles. The number of ether oxygens (including phenoxy) is 1. The van der Waals surface area contributed by atoms with Gasteiger partial charge in [0.25, 0.3) is 0 Å². The summed E-state index contributed by atoms with van der Waals surface area (Å²) in [5, 5.41) is 3.45. The lowest BCUT2D eigenvalue weighted by Gasteiger charge is -2.13. The van der Waals surface area contributed by atoms with Crippen molar-refractivity contribution in [3.63, 3.8) is 0 Å². The van der Waals surface area contributed by atoms with E-state index in [-0.39, 0.29) is 0 Å². The van der Waals surface area contributed by atoms with E-state index in [9.17, 15) is 0 Å². The van der Waals surface area contributed by atoms with E-state index in [1.54, 1.807) is 0 Å². The number of nitrogens with one attached hydrogen (secondary N) is 1. The van der Waals surface area contributed by atoms with Crippen LogP contribution in [0, 0.1) is 6.92 Å². The van der Waals surface area contributed by atoms with E-state index >= 15 is 0 Å². The minimum absolute atomic E-state index is 0.432. The van der Waals surface area contributed by atoms with Gasteiger partial charge in [0.05, 0.1) is 6.10 Å². The number of benzene rings is 2. The van der Waals surface area contributed by atoms with E-state index in [0.29, 0.717) is 6.10 Å². The molecule has 1 fully saturated rings. The topological polar surface area (TPSA) is 21.3 Å². The van der Waals surface area contributed by atoms with Crippen molar-refractivity contribution in [1.82, 2.24) is 0 Å². The monoisotopic (exact) mass is 281 g/mol. The van der Waals surface area contributed by atoms with Gasteiger partial charge in [-0.15, -0.1) is 0 Å². The maximum atomic E-state index is 5.99. The summed E-state index contributed by atoms with van der Waals surface area (Å²) in [5.41, 5.74) is 3.72. The first-order valence-corrected chi connectivity index (χ1v) is 7.86. The molecular weight excluding hydrogens is 258 g/mol. The zero-order chi connectivity index (χ0) is 14.5. The van der Waals surface area contributed by atoms with Gasteiger partial charge in [-0.1, -0.05) is 24.3 Å². The molecule has 0 radical (unpaired) electrons. The van der Waals surface area contributed by atoms with Crippen LogP contribution in [0.2, 0.25) is 0 Å². The molecule has 0 aliphatic heterocycles. The summed E-state index contributed by atoms with van der Waals surface area (Å²) in [6.45, 7) is 2.95. The van der Waals surface area contributed by atoms with Gasteiger partial charge in [0, 0.05) is 12.2 Å². The normalized spacial score (nSPS) is 15.1. The molecule has 1 saturated carbocycles. The highest BCUT2D eigenvalue weighted by Crippen LogP contribution is 2.24. The minimum Gasteiger partial charge on any atom is -0.490 e. The predicted molar refractivity (Wildman–Crippen MR) is 87.8 cm³/mol. The molecule has 1 aliphatic rings. The van der Waals surface area contributed by atoms with Gasteiger partial charge in [0.1, 0.15) is 5.75 Å². The van der Waals surface area contributed by atoms with Crippen LogP contribution in [0.15, 0.2) is 48.5 Å². The highest BCUT2D eigenvalue weighted by Gasteiger charge is 2.16. The zero-order valence-corrected chi connectivity index (χ0v) is 12.6. The average molecular weight is 281 g/mol. The number of rotatable bonds is 5. The molecule has 2 heteroatoms. The highest BCUT2D eigenvalue weighted by molar-refractivity contribution is 5.46. The number of anilines is 1. The van der Waals surface area contributed by atoms with Gasteiger partial charge in [-0.25, -0.2) is 0 Å². The van der Waals surface area contributed by atoms with Crippen molar-refractivity contribution >= 4 is 5.69 Å². The maximum Gasteiger partial charge on any atom is 0.119 e. The minimum atomic E-state index is 0.432. The third kappa shape index (κ3) is 4.01. The molecule has 0 bridgehead atoms. The molecule has 0 atom stereocenters. The molecule has 0 unspecified atom stereocenters. The van der Waals surface area contributed by atoms with Crippen LogP contribution in [0.5, 0.6) is 5.75 Å². The quantitative estimate of drug-likeness (QED) is 0.839. The van der Waals surface area contributed by atoms with Gasteiger partial charge in [0.2, 0.25) is 0 Å². The smallest absolute Gasteiger partial charge is 0.119 e. The molecule has 0 aromatic heterocycles. The summed E-state index contributed by atoms with van der Waals surface area (Å²) >= 11 is 0. The Kier molecular flexibility index (Phi) is 4.44. The molecule has 1 N–H and O–H groups in total. The van der Waals surface area contributed by atoms with Crippen molar-refractivity contribution in [2.45, 2.75) is 45.3 Å². The van der Waals surface area contributed by atoms with E-state index in [4.69, 9.17) is 4.74 Å². The van der Waals surface area contributed by atoms with Crippen LogP contribution in [0.1, 0.15) is 36.8 Å². The van der Waals surface area contributed by atoms with Crippen LogP contribution in [0.25, 0.3) is 0 Å². The summed E-state index contributed by atoms with van der Waals surface area (Å²) in [6.07, 6.45) is 5.46. The molecule has 110 valence electrons. The lowest BCUT2D eigenvalue weighted by atomic mass is 10.2. The third-order valence-electron chi connectivity index (χ3n) is 4.04. The Labute approximate surface area is 127 Å². The van der Waals surface area contributed by atoms with E-state index in [1.807, 2.05) is 0 Å². The SMILES string of the molecule is Cc1cccc(NCc2ccc(OC3CCCC3)cc2)c1. The third-order valence-corrected chi connectivity index (χ3v) is 4.04. The number of aryl methyl sites for hydroxylation is 1. The molecule has 2 aromatic carbocycles. The van der Waals surface area contributed by atoms with Crippen LogP contribution in [0.4, 0.5) is 5.69 Å². The molecule has 1 aliphatic carbocycles. The van der Waals surface area contributed by atoms with Crippen molar-refractivity contribution in [3.05, 3.63) is 59.7 Å². The fraction of sp³-hybridized carbons (Fsp3) is 0.368. The number of hydrogen-bond acceptors (Lipinski definition) is 2. The van der Waals surface area contributed by atoms with Gasteiger partial charge in [-0.3, -0.25) is 0 Å². The van der Waals surface area contributed by atoms with Crippen molar-refractivity contribution in [2.75, 3.05) is 5.32 Å². The van der Waals surface area contributed by atoms with Crippen molar-refractivity contribution in [3.8, 4) is 5.75 Å². The van der Waals surface area contributed by atoms with E-state index in [0.717, 1.165) is 12.3 Å². The second-order valence-corrected chi connectivity index (χ2v) is 5.89. The Hall–Kier alpha value is -1.96. The first-order valence-electron chi connectivity index (χ1n) is 7.86. The first kappa shape index (κ1) is 14.0. The van der Waals surface area contributed by atoms with Crippen LogP contribution in [-0.2, 0) is 6.54 Å². The van der Waals surface area contributed by atoms with E-state index in [2.05, 4.69) is 60.8 Å². The summed E-state index contributed by atoms with van der Waals surface area (Å²) in [4.78, 5) is 0. The molecule has 2 aromatic rings. The maximum absolute atomic E-state index is 5.99. The Morgan fingerprint density at radius 3 is 2.52 bits per heavy atom. The average Bonchev–Trinajstić information content (AvgIpc) is 3.00. The fourth-order valence-electron chi connectivity index (χ4n) is 2.84. The standard InChI is InChI=1S/C19H23NO/c1-15-5-4-6-17(13-15)20-14-16-9-11-19(12-10-16)21-18-7-2-3-8-18/h4-6,9-13,18,20H,2-3,7-8,14H2,1H3. The molecule has 0 amide bonds. The van der Waals surface area contributed by atoms with Gasteiger partial charge < -0.3 is 10.1 Å². The zero-order valence-electron chi connectivity index (χ0n) is 12.6. The predicted octanol–water partition coefficient (Wildman–Crippen LogP) is 4.93. The summed E-state index contributed by atoms with van der Waals surface area (Å²) in [7, 11) is 0. The second kappa shape index (κ2) is 6.66. The Morgan fingerprint density at radius 2 is 1.81 bits per heavy atom. The fourth-order valence-corrected chi connectivity index (χ4v) is 2.84. The Morgan fingerprint density at radius 1 is 1.05 bits per heavy atom. The Bertz CT molecular complexity index is 570. The van der Waals surface area contributed by atoms with Gasteiger partial charge in [0.15, 0.2) is 0 Å². The van der Waals surface area contributed by atoms with Crippen LogP contribution in [-0.4, -0.2) is 6.10 Å². The molecule has 2 nitrogen and oxygen atoms in total. The molecule has 21 heavy (non-hydrogen) atoms. The summed E-state index contributed by atoms with van der Waals surface area (Å²) < 4.78 is 5.99. The largest absolute Gasteiger partial charge is 0.490 e. The van der Waals surface area contributed by atoms with Gasteiger partial charge in [-0.2, -0.15) is 0 Å². The van der Waals surface area contributed by atoms with Crippen molar-refractivity contribution in [2.24, 2.45) is 0 Å². The van der Waals surface area contributed by atoms with Crippen LogP contribution < -0.4 is 10.1 Å². The van der Waals surface area contributed by atoms with Gasteiger partial charge in [-0.05, 0) is 68.0 Å². The second-order valence-electron chi connectivity index (χ2n) is 5.89. The molecule has 0 spiro atoms. The molecule has 0 heterocycles. The highest BCUT2D eigenvalue weighted by atomic mass is 16.5.